The van der Waals surface area contributed by atoms with E-state index in [4.69, 9.17) is 4.74 Å². The number of nitrogens with zero attached hydrogens (tertiary/aromatic N) is 1. The van der Waals surface area contributed by atoms with Gasteiger partial charge in [-0.1, -0.05) is 24.1 Å². The fourth-order valence-corrected chi connectivity index (χ4v) is 3.57. The third kappa shape index (κ3) is 3.61. The Morgan fingerprint density at radius 1 is 1.27 bits per heavy atom. The van der Waals surface area contributed by atoms with Crippen LogP contribution in [0.4, 0.5) is 0 Å². The average Bonchev–Trinajstić information content (AvgIpc) is 2.70. The van der Waals surface area contributed by atoms with Gasteiger partial charge < -0.3 is 10.1 Å². The maximum Gasteiger partial charge on any atom is 0.224 e. The van der Waals surface area contributed by atoms with Gasteiger partial charge in [0.1, 0.15) is 12.4 Å². The normalized spacial score (nSPS) is 25.5. The van der Waals surface area contributed by atoms with E-state index in [2.05, 4.69) is 36.2 Å². The van der Waals surface area contributed by atoms with Crippen molar-refractivity contribution in [1.29, 1.82) is 0 Å². The van der Waals surface area contributed by atoms with Gasteiger partial charge in [0.05, 0.1) is 5.92 Å². The Balaban J connectivity index is 1.54. The number of aryl methyl sites for hydroxylation is 2. The van der Waals surface area contributed by atoms with Crippen LogP contribution in [-0.2, 0) is 4.79 Å². The SMILES string of the molecule is Cc1ccc(OCCN2C[C@@H]3CCC[C@H](C2)C(=O)N3)c(C)c1. The number of carbonyl (C=O) groups is 1. The average molecular weight is 302 g/mol. The summed E-state index contributed by atoms with van der Waals surface area (Å²) in [5, 5.41) is 3.17. The molecule has 1 aromatic rings. The van der Waals surface area contributed by atoms with Crippen molar-refractivity contribution in [3.8, 4) is 5.75 Å². The van der Waals surface area contributed by atoms with Crippen molar-refractivity contribution >= 4 is 5.91 Å². The summed E-state index contributed by atoms with van der Waals surface area (Å²) in [6, 6.07) is 6.60. The smallest absolute Gasteiger partial charge is 0.224 e. The van der Waals surface area contributed by atoms with Crippen molar-refractivity contribution < 1.29 is 9.53 Å². The van der Waals surface area contributed by atoms with Gasteiger partial charge in [-0.05, 0) is 38.3 Å². The molecule has 0 aromatic heterocycles. The number of hydrogen-bond acceptors (Lipinski definition) is 3. The molecule has 22 heavy (non-hydrogen) atoms. The van der Waals surface area contributed by atoms with Crippen LogP contribution in [0.5, 0.6) is 5.75 Å². The highest BCUT2D eigenvalue weighted by molar-refractivity contribution is 5.79. The number of likely N-dealkylation sites (tertiary alicyclic amines) is 1. The van der Waals surface area contributed by atoms with Gasteiger partial charge in [-0.3, -0.25) is 9.69 Å². The Kier molecular flexibility index (Phi) is 4.67. The van der Waals surface area contributed by atoms with Crippen LogP contribution in [0.2, 0.25) is 0 Å². The van der Waals surface area contributed by atoms with Gasteiger partial charge in [-0.15, -0.1) is 0 Å². The number of carbonyl (C=O) groups excluding carboxylic acids is 1. The fourth-order valence-electron chi connectivity index (χ4n) is 3.57. The largest absolute Gasteiger partial charge is 0.492 e. The molecule has 3 rings (SSSR count). The van der Waals surface area contributed by atoms with Crippen molar-refractivity contribution in [2.24, 2.45) is 5.92 Å². The predicted octanol–water partition coefficient (Wildman–Crippen LogP) is 2.28. The first-order chi connectivity index (χ1) is 10.6. The second-order valence-electron chi connectivity index (χ2n) is 6.71. The number of amides is 1. The van der Waals surface area contributed by atoms with Crippen molar-refractivity contribution in [2.75, 3.05) is 26.2 Å². The van der Waals surface area contributed by atoms with Crippen LogP contribution >= 0.6 is 0 Å². The fraction of sp³-hybridized carbons (Fsp3) is 0.611. The number of hydrogen-bond donors (Lipinski definition) is 1. The quantitative estimate of drug-likeness (QED) is 0.928. The van der Waals surface area contributed by atoms with Crippen molar-refractivity contribution in [3.63, 3.8) is 0 Å². The molecule has 2 aliphatic heterocycles. The van der Waals surface area contributed by atoms with Crippen molar-refractivity contribution in [3.05, 3.63) is 29.3 Å². The zero-order chi connectivity index (χ0) is 15.5. The van der Waals surface area contributed by atoms with E-state index in [1.54, 1.807) is 0 Å². The number of benzene rings is 1. The standard InChI is InChI=1S/C18H26N2O2/c1-13-6-7-17(14(2)10-13)22-9-8-20-11-15-4-3-5-16(12-20)19-18(15)21/h6-7,10,15-16H,3-5,8-9,11-12H2,1-2H3,(H,19,21)/t15-,16+/m1/s1. The molecular weight excluding hydrogens is 276 g/mol. The van der Waals surface area contributed by atoms with E-state index in [1.165, 1.54) is 17.5 Å². The maximum atomic E-state index is 12.0. The Labute approximate surface area is 132 Å². The first kappa shape index (κ1) is 15.3. The molecule has 2 bridgehead atoms. The number of rotatable bonds is 4. The number of ether oxygens (including phenoxy) is 1. The Bertz CT molecular complexity index is 544. The highest BCUT2D eigenvalue weighted by atomic mass is 16.5. The zero-order valence-electron chi connectivity index (χ0n) is 13.6. The summed E-state index contributed by atoms with van der Waals surface area (Å²) in [5.74, 6) is 1.38. The molecule has 4 nitrogen and oxygen atoms in total. The van der Waals surface area contributed by atoms with Crippen LogP contribution in [0.15, 0.2) is 18.2 Å². The van der Waals surface area contributed by atoms with E-state index in [-0.39, 0.29) is 11.8 Å². The number of nitrogens with one attached hydrogen (secondary N) is 1. The van der Waals surface area contributed by atoms with Gasteiger partial charge in [-0.25, -0.2) is 0 Å². The summed E-state index contributed by atoms with van der Waals surface area (Å²) in [6.45, 7) is 7.57. The Morgan fingerprint density at radius 3 is 2.95 bits per heavy atom. The highest BCUT2D eigenvalue weighted by Crippen LogP contribution is 2.22. The molecular formula is C18H26N2O2. The molecule has 0 spiro atoms. The van der Waals surface area contributed by atoms with Crippen molar-refractivity contribution in [1.82, 2.24) is 10.2 Å². The van der Waals surface area contributed by atoms with Gasteiger partial charge in [0.15, 0.2) is 0 Å². The first-order valence-electron chi connectivity index (χ1n) is 8.34. The summed E-state index contributed by atoms with van der Waals surface area (Å²) in [6.07, 6.45) is 3.30. The lowest BCUT2D eigenvalue weighted by atomic mass is 9.99. The van der Waals surface area contributed by atoms with E-state index in [9.17, 15) is 4.79 Å². The second kappa shape index (κ2) is 6.69. The van der Waals surface area contributed by atoms with Gasteiger partial charge in [0.2, 0.25) is 5.91 Å². The topological polar surface area (TPSA) is 41.6 Å². The molecule has 4 heteroatoms. The van der Waals surface area contributed by atoms with E-state index < -0.39 is 0 Å². The van der Waals surface area contributed by atoms with Crippen LogP contribution in [0.1, 0.15) is 30.4 Å². The first-order valence-corrected chi connectivity index (χ1v) is 8.34. The number of fused-ring (bicyclic) bond motifs is 3. The molecule has 1 aromatic carbocycles. The van der Waals surface area contributed by atoms with Crippen LogP contribution in [0, 0.1) is 19.8 Å². The monoisotopic (exact) mass is 302 g/mol. The lowest BCUT2D eigenvalue weighted by Gasteiger charge is -2.27. The third-order valence-electron chi connectivity index (χ3n) is 4.78. The molecule has 0 aliphatic carbocycles. The molecule has 2 aliphatic rings. The van der Waals surface area contributed by atoms with Gasteiger partial charge >= 0.3 is 0 Å². The Morgan fingerprint density at radius 2 is 2.14 bits per heavy atom. The van der Waals surface area contributed by atoms with Crippen molar-refractivity contribution in [2.45, 2.75) is 39.2 Å². The minimum absolute atomic E-state index is 0.161. The minimum Gasteiger partial charge on any atom is -0.492 e. The summed E-state index contributed by atoms with van der Waals surface area (Å²) >= 11 is 0. The molecule has 1 N–H and O–H groups in total. The third-order valence-corrected chi connectivity index (χ3v) is 4.78. The van der Waals surface area contributed by atoms with E-state index in [1.807, 2.05) is 6.07 Å². The minimum atomic E-state index is 0.161. The van der Waals surface area contributed by atoms with Gasteiger partial charge in [-0.2, -0.15) is 0 Å². The molecule has 2 heterocycles. The molecule has 2 saturated heterocycles. The Hall–Kier alpha value is -1.55. The molecule has 120 valence electrons. The van der Waals surface area contributed by atoms with Crippen LogP contribution < -0.4 is 10.1 Å². The molecule has 0 radical (unpaired) electrons. The molecule has 2 fully saturated rings. The van der Waals surface area contributed by atoms with Crippen LogP contribution in [0.3, 0.4) is 0 Å². The summed E-state index contributed by atoms with van der Waals surface area (Å²) in [7, 11) is 0. The summed E-state index contributed by atoms with van der Waals surface area (Å²) in [4.78, 5) is 14.4. The second-order valence-corrected chi connectivity index (χ2v) is 6.71. The zero-order valence-corrected chi connectivity index (χ0v) is 13.6. The lowest BCUT2D eigenvalue weighted by molar-refractivity contribution is -0.124. The molecule has 1 amide bonds. The van der Waals surface area contributed by atoms with Crippen LogP contribution in [0.25, 0.3) is 0 Å². The summed E-state index contributed by atoms with van der Waals surface area (Å²) < 4.78 is 5.94. The molecule has 2 atom stereocenters. The van der Waals surface area contributed by atoms with Gasteiger partial charge in [0.25, 0.3) is 0 Å². The summed E-state index contributed by atoms with van der Waals surface area (Å²) in [5.41, 5.74) is 2.44. The molecule has 0 unspecified atom stereocenters. The predicted molar refractivity (Wildman–Crippen MR) is 87.1 cm³/mol. The van der Waals surface area contributed by atoms with Gasteiger partial charge in [0, 0.05) is 25.7 Å². The lowest BCUT2D eigenvalue weighted by Crippen LogP contribution is -2.40. The van der Waals surface area contributed by atoms with E-state index in [0.717, 1.165) is 38.2 Å². The maximum absolute atomic E-state index is 12.0. The molecule has 0 saturated carbocycles. The highest BCUT2D eigenvalue weighted by Gasteiger charge is 2.32. The van der Waals surface area contributed by atoms with E-state index in [0.29, 0.717) is 12.6 Å². The van der Waals surface area contributed by atoms with E-state index >= 15 is 0 Å². The van der Waals surface area contributed by atoms with Crippen LogP contribution in [-0.4, -0.2) is 43.1 Å².